The Labute approximate surface area is 183 Å². The Bertz CT molecular complexity index is 1010. The zero-order valence-corrected chi connectivity index (χ0v) is 19.3. The molecule has 2 fully saturated rings. The first-order valence-electron chi connectivity index (χ1n) is 10.5. The third-order valence-corrected chi connectivity index (χ3v) is 9.97. The molecule has 2 aliphatic heterocycles. The Morgan fingerprint density at radius 1 is 0.935 bits per heavy atom. The van der Waals surface area contributed by atoms with Crippen LogP contribution in [0.1, 0.15) is 42.5 Å². The number of carbonyl (C=O) groups is 2. The van der Waals surface area contributed by atoms with Crippen molar-refractivity contribution in [3.63, 3.8) is 0 Å². The lowest BCUT2D eigenvalue weighted by Crippen LogP contribution is -2.44. The molecule has 1 aromatic carbocycles. The van der Waals surface area contributed by atoms with Gasteiger partial charge in [0, 0.05) is 38.8 Å². The Balaban J connectivity index is 1.62. The molecule has 9 nitrogen and oxygen atoms in total. The molecule has 2 aliphatic rings. The van der Waals surface area contributed by atoms with Gasteiger partial charge in [-0.25, -0.2) is 16.8 Å². The summed E-state index contributed by atoms with van der Waals surface area (Å²) < 4.78 is 51.6. The molecule has 1 aromatic rings. The van der Waals surface area contributed by atoms with Crippen LogP contribution in [0.15, 0.2) is 29.2 Å². The fraction of sp³-hybridized carbons (Fsp3) is 0.600. The van der Waals surface area contributed by atoms with Crippen LogP contribution in [0.25, 0.3) is 0 Å². The number of piperidine rings is 2. The number of hydrogen-bond acceptors (Lipinski definition) is 6. The molecule has 0 spiro atoms. The van der Waals surface area contributed by atoms with Gasteiger partial charge in [0.05, 0.1) is 10.1 Å². The first kappa shape index (κ1) is 23.7. The summed E-state index contributed by atoms with van der Waals surface area (Å²) in [7, 11) is -5.73. The van der Waals surface area contributed by atoms with Crippen LogP contribution in [0, 0.1) is 0 Å². The molecule has 0 atom stereocenters. The normalized spacial score (nSPS) is 19.2. The molecule has 11 heteroatoms. The van der Waals surface area contributed by atoms with Crippen molar-refractivity contribution in [2.24, 2.45) is 0 Å². The van der Waals surface area contributed by atoms with Crippen LogP contribution in [0.5, 0.6) is 0 Å². The number of likely N-dealkylation sites (tertiary alicyclic amines) is 1. The van der Waals surface area contributed by atoms with Gasteiger partial charge in [0.1, 0.15) is 5.75 Å². The predicted molar refractivity (Wildman–Crippen MR) is 116 cm³/mol. The molecule has 31 heavy (non-hydrogen) atoms. The lowest BCUT2D eigenvalue weighted by atomic mass is 10.1. The van der Waals surface area contributed by atoms with Gasteiger partial charge in [-0.2, -0.15) is 4.31 Å². The monoisotopic (exact) mass is 471 g/mol. The number of sulfone groups is 1. The molecule has 2 heterocycles. The largest absolute Gasteiger partial charge is 0.358 e. The smallest absolute Gasteiger partial charge is 0.253 e. The van der Waals surface area contributed by atoms with Gasteiger partial charge in [-0.1, -0.05) is 6.42 Å². The summed E-state index contributed by atoms with van der Waals surface area (Å²) in [6, 6.07) is 5.93. The average molecular weight is 472 g/mol. The summed E-state index contributed by atoms with van der Waals surface area (Å²) in [4.78, 5) is 26.0. The molecular formula is C20H29N3O6S2. The Morgan fingerprint density at radius 2 is 1.52 bits per heavy atom. The summed E-state index contributed by atoms with van der Waals surface area (Å²) in [5.41, 5.74) is 0.365. The maximum Gasteiger partial charge on any atom is 0.253 e. The molecule has 0 radical (unpaired) electrons. The quantitative estimate of drug-likeness (QED) is 0.650. The Kier molecular flexibility index (Phi) is 7.38. The third kappa shape index (κ3) is 5.45. The SMILES string of the molecule is CNC(=O)CS(=O)(=O)C1CCN(C(=O)c2ccc(S(=O)(=O)N3CCCCC3)cc2)CC1. The van der Waals surface area contributed by atoms with Crippen LogP contribution in [-0.4, -0.2) is 82.1 Å². The molecule has 2 amide bonds. The highest BCUT2D eigenvalue weighted by Gasteiger charge is 2.33. The summed E-state index contributed by atoms with van der Waals surface area (Å²) in [5, 5.41) is 1.67. The van der Waals surface area contributed by atoms with E-state index in [9.17, 15) is 26.4 Å². The minimum absolute atomic E-state index is 0.171. The van der Waals surface area contributed by atoms with Crippen molar-refractivity contribution in [2.45, 2.75) is 42.2 Å². The van der Waals surface area contributed by atoms with E-state index >= 15 is 0 Å². The summed E-state index contributed by atoms with van der Waals surface area (Å²) in [5.74, 6) is -1.35. The molecule has 1 N–H and O–H groups in total. The van der Waals surface area contributed by atoms with Gasteiger partial charge in [-0.3, -0.25) is 9.59 Å². The second kappa shape index (κ2) is 9.66. The molecule has 3 rings (SSSR count). The van der Waals surface area contributed by atoms with Crippen molar-refractivity contribution in [1.82, 2.24) is 14.5 Å². The molecule has 0 bridgehead atoms. The Morgan fingerprint density at radius 3 is 2.06 bits per heavy atom. The van der Waals surface area contributed by atoms with E-state index in [1.165, 1.54) is 35.6 Å². The van der Waals surface area contributed by atoms with E-state index in [2.05, 4.69) is 5.32 Å². The summed E-state index contributed by atoms with van der Waals surface area (Å²) >= 11 is 0. The first-order chi connectivity index (χ1) is 14.6. The van der Waals surface area contributed by atoms with Gasteiger partial charge in [-0.15, -0.1) is 0 Å². The maximum atomic E-state index is 12.8. The first-order valence-corrected chi connectivity index (χ1v) is 13.6. The second-order valence-electron chi connectivity index (χ2n) is 7.96. The maximum absolute atomic E-state index is 12.8. The van der Waals surface area contributed by atoms with Crippen LogP contribution < -0.4 is 5.32 Å². The van der Waals surface area contributed by atoms with Crippen LogP contribution in [0.3, 0.4) is 0 Å². The van der Waals surface area contributed by atoms with E-state index in [0.29, 0.717) is 18.7 Å². The molecule has 0 aliphatic carbocycles. The van der Waals surface area contributed by atoms with Crippen LogP contribution in [0.4, 0.5) is 0 Å². The standard InChI is InChI=1S/C20H29N3O6S2/c1-21-19(24)15-30(26,27)17-9-13-22(14-10-17)20(25)16-5-7-18(8-6-16)31(28,29)23-11-3-2-4-12-23/h5-8,17H,2-4,9-15H2,1H3,(H,21,24). The fourth-order valence-electron chi connectivity index (χ4n) is 4.00. The molecule has 0 unspecified atom stereocenters. The second-order valence-corrected chi connectivity index (χ2v) is 12.2. The topological polar surface area (TPSA) is 121 Å². The fourth-order valence-corrected chi connectivity index (χ4v) is 7.19. The van der Waals surface area contributed by atoms with Crippen molar-refractivity contribution in [3.8, 4) is 0 Å². The van der Waals surface area contributed by atoms with Gasteiger partial charge in [-0.05, 0) is 49.9 Å². The number of amides is 2. The van der Waals surface area contributed by atoms with Gasteiger partial charge in [0.15, 0.2) is 9.84 Å². The van der Waals surface area contributed by atoms with Crippen molar-refractivity contribution < 1.29 is 26.4 Å². The van der Waals surface area contributed by atoms with Crippen LogP contribution >= 0.6 is 0 Å². The highest BCUT2D eigenvalue weighted by atomic mass is 32.2. The average Bonchev–Trinajstić information content (AvgIpc) is 2.79. The molecule has 0 saturated carbocycles. The summed E-state index contributed by atoms with van der Waals surface area (Å²) in [6.45, 7) is 1.57. The minimum atomic E-state index is -3.56. The van der Waals surface area contributed by atoms with Gasteiger partial charge < -0.3 is 10.2 Å². The minimum Gasteiger partial charge on any atom is -0.358 e. The van der Waals surface area contributed by atoms with E-state index in [0.717, 1.165) is 19.3 Å². The summed E-state index contributed by atoms with van der Waals surface area (Å²) in [6.07, 6.45) is 3.28. The number of nitrogens with one attached hydrogen (secondary N) is 1. The number of sulfonamides is 1. The van der Waals surface area contributed by atoms with Crippen molar-refractivity contribution in [3.05, 3.63) is 29.8 Å². The van der Waals surface area contributed by atoms with Crippen molar-refractivity contribution in [1.29, 1.82) is 0 Å². The van der Waals surface area contributed by atoms with Gasteiger partial charge in [0.2, 0.25) is 15.9 Å². The lowest BCUT2D eigenvalue weighted by Gasteiger charge is -2.31. The highest BCUT2D eigenvalue weighted by Crippen LogP contribution is 2.23. The molecule has 172 valence electrons. The number of hydrogen-bond donors (Lipinski definition) is 1. The number of benzene rings is 1. The molecule has 2 saturated heterocycles. The lowest BCUT2D eigenvalue weighted by molar-refractivity contribution is -0.118. The predicted octanol–water partition coefficient (Wildman–Crippen LogP) is 0.627. The zero-order chi connectivity index (χ0) is 22.6. The Hall–Kier alpha value is -1.98. The zero-order valence-electron chi connectivity index (χ0n) is 17.6. The van der Waals surface area contributed by atoms with Crippen molar-refractivity contribution >= 4 is 31.7 Å². The van der Waals surface area contributed by atoms with Crippen LogP contribution in [0.2, 0.25) is 0 Å². The number of nitrogens with zero attached hydrogens (tertiary/aromatic N) is 2. The van der Waals surface area contributed by atoms with E-state index in [1.807, 2.05) is 0 Å². The van der Waals surface area contributed by atoms with Gasteiger partial charge in [0.25, 0.3) is 5.91 Å². The molecule has 0 aromatic heterocycles. The third-order valence-electron chi connectivity index (χ3n) is 5.90. The highest BCUT2D eigenvalue weighted by molar-refractivity contribution is 7.92. The van der Waals surface area contributed by atoms with Gasteiger partial charge >= 0.3 is 0 Å². The van der Waals surface area contributed by atoms with E-state index in [1.54, 1.807) is 4.90 Å². The number of rotatable bonds is 6. The molecular weight excluding hydrogens is 442 g/mol. The van der Waals surface area contributed by atoms with Crippen LogP contribution in [-0.2, 0) is 24.7 Å². The van der Waals surface area contributed by atoms with E-state index < -0.39 is 36.8 Å². The van der Waals surface area contributed by atoms with E-state index in [-0.39, 0.29) is 36.7 Å². The number of carbonyl (C=O) groups excluding carboxylic acids is 2. The van der Waals surface area contributed by atoms with E-state index in [4.69, 9.17) is 0 Å². The van der Waals surface area contributed by atoms with Crippen molar-refractivity contribution in [2.75, 3.05) is 39.0 Å².